The summed E-state index contributed by atoms with van der Waals surface area (Å²) in [5.74, 6) is -0.0457. The third kappa shape index (κ3) is 7.43. The molecule has 9 heavy (non-hydrogen) atoms. The van der Waals surface area contributed by atoms with Gasteiger partial charge in [-0.2, -0.15) is 0 Å². The fourth-order valence-corrected chi connectivity index (χ4v) is 0.457. The molecule has 0 aliphatic heterocycles. The highest BCUT2D eigenvalue weighted by atomic mass is 16.3. The SMILES string of the molecule is CC(=O)NCCC(C)O. The van der Waals surface area contributed by atoms with Gasteiger partial charge in [0.25, 0.3) is 0 Å². The second-order valence-corrected chi connectivity index (χ2v) is 2.12. The van der Waals surface area contributed by atoms with Gasteiger partial charge in [-0.15, -0.1) is 0 Å². The van der Waals surface area contributed by atoms with E-state index in [1.54, 1.807) is 6.92 Å². The van der Waals surface area contributed by atoms with Crippen molar-refractivity contribution in [1.29, 1.82) is 0 Å². The fraction of sp³-hybridized carbons (Fsp3) is 0.833. The molecule has 0 aromatic rings. The first-order valence-electron chi connectivity index (χ1n) is 3.05. The molecular weight excluding hydrogens is 118 g/mol. The standard InChI is InChI=1S/C6H13NO2/c1-5(8)3-4-7-6(2)9/h5,8H,3-4H2,1-2H3,(H,7,9). The highest BCUT2D eigenvalue weighted by Gasteiger charge is 1.94. The first-order valence-corrected chi connectivity index (χ1v) is 3.05. The van der Waals surface area contributed by atoms with Gasteiger partial charge in [0.15, 0.2) is 0 Å². The van der Waals surface area contributed by atoms with E-state index < -0.39 is 0 Å². The van der Waals surface area contributed by atoms with Crippen molar-refractivity contribution in [2.24, 2.45) is 0 Å². The van der Waals surface area contributed by atoms with E-state index in [4.69, 9.17) is 5.11 Å². The molecule has 0 spiro atoms. The van der Waals surface area contributed by atoms with Gasteiger partial charge in [-0.1, -0.05) is 0 Å². The zero-order valence-corrected chi connectivity index (χ0v) is 5.85. The molecule has 0 fully saturated rings. The average molecular weight is 131 g/mol. The van der Waals surface area contributed by atoms with Crippen molar-refractivity contribution in [3.8, 4) is 0 Å². The van der Waals surface area contributed by atoms with Gasteiger partial charge in [-0.3, -0.25) is 4.79 Å². The third-order valence-corrected chi connectivity index (χ3v) is 0.936. The second kappa shape index (κ2) is 4.32. The normalized spacial score (nSPS) is 12.8. The minimum atomic E-state index is -0.322. The summed E-state index contributed by atoms with van der Waals surface area (Å²) in [7, 11) is 0. The van der Waals surface area contributed by atoms with Crippen molar-refractivity contribution < 1.29 is 9.90 Å². The number of aliphatic hydroxyl groups is 1. The zero-order valence-electron chi connectivity index (χ0n) is 5.85. The number of hydrogen-bond acceptors (Lipinski definition) is 2. The van der Waals surface area contributed by atoms with Gasteiger partial charge in [0.2, 0.25) is 5.91 Å². The van der Waals surface area contributed by atoms with Gasteiger partial charge >= 0.3 is 0 Å². The monoisotopic (exact) mass is 131 g/mol. The number of hydrogen-bond donors (Lipinski definition) is 2. The highest BCUT2D eigenvalue weighted by Crippen LogP contribution is 1.84. The van der Waals surface area contributed by atoms with Gasteiger partial charge in [-0.25, -0.2) is 0 Å². The molecule has 0 saturated carbocycles. The lowest BCUT2D eigenvalue weighted by molar-refractivity contribution is -0.119. The highest BCUT2D eigenvalue weighted by molar-refractivity contribution is 5.72. The van der Waals surface area contributed by atoms with E-state index >= 15 is 0 Å². The van der Waals surface area contributed by atoms with E-state index in [-0.39, 0.29) is 12.0 Å². The maximum atomic E-state index is 10.2. The molecule has 0 radical (unpaired) electrons. The lowest BCUT2D eigenvalue weighted by Gasteiger charge is -2.02. The Bertz CT molecular complexity index is 91.1. The van der Waals surface area contributed by atoms with Crippen molar-refractivity contribution in [2.75, 3.05) is 6.54 Å². The molecule has 0 rings (SSSR count). The zero-order chi connectivity index (χ0) is 7.28. The average Bonchev–Trinajstić information content (AvgIpc) is 1.63. The number of rotatable bonds is 3. The summed E-state index contributed by atoms with van der Waals surface area (Å²) in [6, 6.07) is 0. The van der Waals surface area contributed by atoms with E-state index in [2.05, 4.69) is 5.32 Å². The molecule has 0 aliphatic carbocycles. The second-order valence-electron chi connectivity index (χ2n) is 2.12. The predicted molar refractivity (Wildman–Crippen MR) is 35.0 cm³/mol. The van der Waals surface area contributed by atoms with Crippen LogP contribution in [0.15, 0.2) is 0 Å². The summed E-state index contributed by atoms with van der Waals surface area (Å²) in [6.45, 7) is 3.72. The first kappa shape index (κ1) is 8.43. The van der Waals surface area contributed by atoms with Crippen LogP contribution in [0.1, 0.15) is 20.3 Å². The quantitative estimate of drug-likeness (QED) is 0.561. The van der Waals surface area contributed by atoms with Gasteiger partial charge in [0.1, 0.15) is 0 Å². The smallest absolute Gasteiger partial charge is 0.216 e. The van der Waals surface area contributed by atoms with Gasteiger partial charge in [0.05, 0.1) is 6.10 Å². The Hall–Kier alpha value is -0.570. The van der Waals surface area contributed by atoms with Gasteiger partial charge in [-0.05, 0) is 13.3 Å². The van der Waals surface area contributed by atoms with E-state index in [1.165, 1.54) is 6.92 Å². The fourth-order valence-electron chi connectivity index (χ4n) is 0.457. The minimum Gasteiger partial charge on any atom is -0.393 e. The van der Waals surface area contributed by atoms with Crippen LogP contribution < -0.4 is 5.32 Å². The molecule has 1 amide bonds. The molecular formula is C6H13NO2. The molecule has 2 N–H and O–H groups in total. The van der Waals surface area contributed by atoms with E-state index in [0.717, 1.165) is 0 Å². The summed E-state index contributed by atoms with van der Waals surface area (Å²) in [4.78, 5) is 10.2. The summed E-state index contributed by atoms with van der Waals surface area (Å²) in [5, 5.41) is 11.3. The van der Waals surface area contributed by atoms with Crippen LogP contribution in [-0.2, 0) is 4.79 Å². The summed E-state index contributed by atoms with van der Waals surface area (Å²) < 4.78 is 0. The number of nitrogens with one attached hydrogen (secondary N) is 1. The maximum Gasteiger partial charge on any atom is 0.216 e. The molecule has 3 nitrogen and oxygen atoms in total. The Kier molecular flexibility index (Phi) is 4.05. The summed E-state index contributed by atoms with van der Waals surface area (Å²) in [6.07, 6.45) is 0.302. The molecule has 1 atom stereocenters. The molecule has 0 aliphatic rings. The lowest BCUT2D eigenvalue weighted by Crippen LogP contribution is -2.23. The molecule has 0 aromatic carbocycles. The Morgan fingerprint density at radius 1 is 1.78 bits per heavy atom. The van der Waals surface area contributed by atoms with Crippen molar-refractivity contribution in [2.45, 2.75) is 26.4 Å². The number of carbonyl (C=O) groups is 1. The first-order chi connectivity index (χ1) is 4.13. The molecule has 3 heteroatoms. The van der Waals surface area contributed by atoms with Crippen molar-refractivity contribution >= 4 is 5.91 Å². The maximum absolute atomic E-state index is 10.2. The number of carbonyl (C=O) groups excluding carboxylic acids is 1. The predicted octanol–water partition coefficient (Wildman–Crippen LogP) is -0.107. The molecule has 1 unspecified atom stereocenters. The Labute approximate surface area is 55.1 Å². The van der Waals surface area contributed by atoms with Crippen molar-refractivity contribution in [1.82, 2.24) is 5.32 Å². The van der Waals surface area contributed by atoms with Crippen LogP contribution >= 0.6 is 0 Å². The van der Waals surface area contributed by atoms with E-state index in [1.807, 2.05) is 0 Å². The van der Waals surface area contributed by atoms with Crippen LogP contribution in [0.4, 0.5) is 0 Å². The van der Waals surface area contributed by atoms with E-state index in [9.17, 15) is 4.79 Å². The molecule has 54 valence electrons. The van der Waals surface area contributed by atoms with Crippen molar-refractivity contribution in [3.05, 3.63) is 0 Å². The molecule has 0 bridgehead atoms. The lowest BCUT2D eigenvalue weighted by atomic mass is 10.3. The summed E-state index contributed by atoms with van der Waals surface area (Å²) >= 11 is 0. The van der Waals surface area contributed by atoms with Gasteiger partial charge < -0.3 is 10.4 Å². The largest absolute Gasteiger partial charge is 0.393 e. The van der Waals surface area contributed by atoms with Crippen LogP contribution in [0.25, 0.3) is 0 Å². The number of aliphatic hydroxyl groups excluding tert-OH is 1. The van der Waals surface area contributed by atoms with Crippen LogP contribution in [0.3, 0.4) is 0 Å². The molecule has 0 saturated heterocycles. The van der Waals surface area contributed by atoms with Crippen LogP contribution in [0, 0.1) is 0 Å². The molecule has 0 aromatic heterocycles. The van der Waals surface area contributed by atoms with Crippen LogP contribution in [0.2, 0.25) is 0 Å². The van der Waals surface area contributed by atoms with E-state index in [0.29, 0.717) is 13.0 Å². The Morgan fingerprint density at radius 3 is 2.67 bits per heavy atom. The minimum absolute atomic E-state index is 0.0457. The van der Waals surface area contributed by atoms with Crippen molar-refractivity contribution in [3.63, 3.8) is 0 Å². The van der Waals surface area contributed by atoms with Crippen LogP contribution in [0.5, 0.6) is 0 Å². The van der Waals surface area contributed by atoms with Gasteiger partial charge in [0, 0.05) is 13.5 Å². The number of amides is 1. The Balaban J connectivity index is 3.01. The van der Waals surface area contributed by atoms with Crippen LogP contribution in [-0.4, -0.2) is 23.7 Å². The third-order valence-electron chi connectivity index (χ3n) is 0.936. The topological polar surface area (TPSA) is 49.3 Å². The summed E-state index contributed by atoms with van der Waals surface area (Å²) in [5.41, 5.74) is 0. The Morgan fingerprint density at radius 2 is 2.33 bits per heavy atom. The molecule has 0 heterocycles.